The Balaban J connectivity index is 2.58. The molecular formula is C14H30N4O. The fraction of sp³-hybridized carbons (Fsp3) is 0.929. The average Bonchev–Trinajstić information content (AvgIpc) is 2.40. The first-order valence-electron chi connectivity index (χ1n) is 7.53. The van der Waals surface area contributed by atoms with Crippen LogP contribution in [-0.2, 0) is 4.74 Å². The predicted octanol–water partition coefficient (Wildman–Crippen LogP) is 0.918. The van der Waals surface area contributed by atoms with Crippen molar-refractivity contribution in [2.75, 3.05) is 45.9 Å². The molecule has 0 aromatic carbocycles. The van der Waals surface area contributed by atoms with Crippen LogP contribution < -0.4 is 10.6 Å². The van der Waals surface area contributed by atoms with Gasteiger partial charge in [0.05, 0.1) is 19.8 Å². The maximum absolute atomic E-state index is 5.43. The number of guanidine groups is 1. The van der Waals surface area contributed by atoms with Gasteiger partial charge in [-0.15, -0.1) is 0 Å². The van der Waals surface area contributed by atoms with Crippen molar-refractivity contribution >= 4 is 5.96 Å². The minimum atomic E-state index is 0.496. The van der Waals surface area contributed by atoms with Gasteiger partial charge in [-0.1, -0.05) is 13.8 Å². The molecule has 19 heavy (non-hydrogen) atoms. The molecule has 0 spiro atoms. The van der Waals surface area contributed by atoms with Gasteiger partial charge in [0.25, 0.3) is 0 Å². The lowest BCUT2D eigenvalue weighted by molar-refractivity contribution is 0.00867. The van der Waals surface area contributed by atoms with Gasteiger partial charge < -0.3 is 15.4 Å². The SMILES string of the molecule is CCNC(=NCC(C(C)C)N1CCOCC1)NCC. The fourth-order valence-corrected chi connectivity index (χ4v) is 2.35. The number of ether oxygens (including phenoxy) is 1. The quantitative estimate of drug-likeness (QED) is 0.556. The number of morpholine rings is 1. The topological polar surface area (TPSA) is 48.9 Å². The van der Waals surface area contributed by atoms with E-state index in [1.54, 1.807) is 0 Å². The molecule has 0 aromatic rings. The van der Waals surface area contributed by atoms with Gasteiger partial charge >= 0.3 is 0 Å². The van der Waals surface area contributed by atoms with Gasteiger partial charge in [0, 0.05) is 32.2 Å². The van der Waals surface area contributed by atoms with E-state index < -0.39 is 0 Å². The van der Waals surface area contributed by atoms with Crippen LogP contribution in [0, 0.1) is 5.92 Å². The van der Waals surface area contributed by atoms with Crippen LogP contribution in [0.2, 0.25) is 0 Å². The van der Waals surface area contributed by atoms with Gasteiger partial charge in [0.1, 0.15) is 0 Å². The summed E-state index contributed by atoms with van der Waals surface area (Å²) in [6.45, 7) is 15.1. The molecule has 1 fully saturated rings. The summed E-state index contributed by atoms with van der Waals surface area (Å²) >= 11 is 0. The highest BCUT2D eigenvalue weighted by atomic mass is 16.5. The second-order valence-corrected chi connectivity index (χ2v) is 5.21. The number of nitrogens with one attached hydrogen (secondary N) is 2. The lowest BCUT2D eigenvalue weighted by Crippen LogP contribution is -2.48. The van der Waals surface area contributed by atoms with Gasteiger partial charge in [-0.25, -0.2) is 0 Å². The van der Waals surface area contributed by atoms with Crippen LogP contribution in [0.4, 0.5) is 0 Å². The van der Waals surface area contributed by atoms with E-state index in [2.05, 4.69) is 43.2 Å². The molecule has 1 unspecified atom stereocenters. The van der Waals surface area contributed by atoms with Gasteiger partial charge in [-0.05, 0) is 19.8 Å². The highest BCUT2D eigenvalue weighted by molar-refractivity contribution is 5.79. The number of nitrogens with zero attached hydrogens (tertiary/aromatic N) is 2. The Hall–Kier alpha value is -0.810. The first-order chi connectivity index (χ1) is 9.19. The van der Waals surface area contributed by atoms with Crippen molar-refractivity contribution in [1.82, 2.24) is 15.5 Å². The molecule has 1 aliphatic rings. The van der Waals surface area contributed by atoms with Crippen LogP contribution in [0.5, 0.6) is 0 Å². The lowest BCUT2D eigenvalue weighted by atomic mass is 10.0. The number of aliphatic imine (C=N–C) groups is 1. The molecule has 1 atom stereocenters. The maximum atomic E-state index is 5.43. The Bertz CT molecular complexity index is 254. The van der Waals surface area contributed by atoms with Gasteiger partial charge in [-0.3, -0.25) is 9.89 Å². The van der Waals surface area contributed by atoms with E-state index in [-0.39, 0.29) is 0 Å². The van der Waals surface area contributed by atoms with E-state index in [0.29, 0.717) is 12.0 Å². The minimum Gasteiger partial charge on any atom is -0.379 e. The summed E-state index contributed by atoms with van der Waals surface area (Å²) in [4.78, 5) is 7.22. The van der Waals surface area contributed by atoms with Crippen LogP contribution in [-0.4, -0.2) is 62.8 Å². The van der Waals surface area contributed by atoms with E-state index in [1.165, 1.54) is 0 Å². The van der Waals surface area contributed by atoms with Crippen LogP contribution >= 0.6 is 0 Å². The highest BCUT2D eigenvalue weighted by Gasteiger charge is 2.23. The molecule has 0 saturated carbocycles. The predicted molar refractivity (Wildman–Crippen MR) is 80.7 cm³/mol. The maximum Gasteiger partial charge on any atom is 0.191 e. The molecule has 0 amide bonds. The van der Waals surface area contributed by atoms with E-state index in [4.69, 9.17) is 9.73 Å². The highest BCUT2D eigenvalue weighted by Crippen LogP contribution is 2.13. The molecule has 112 valence electrons. The van der Waals surface area contributed by atoms with Crippen LogP contribution in [0.15, 0.2) is 4.99 Å². The van der Waals surface area contributed by atoms with Crippen molar-refractivity contribution < 1.29 is 4.74 Å². The van der Waals surface area contributed by atoms with Crippen molar-refractivity contribution in [2.45, 2.75) is 33.7 Å². The Morgan fingerprint density at radius 2 is 1.74 bits per heavy atom. The summed E-state index contributed by atoms with van der Waals surface area (Å²) < 4.78 is 5.43. The first kappa shape index (κ1) is 16.2. The monoisotopic (exact) mass is 270 g/mol. The van der Waals surface area contributed by atoms with E-state index in [1.807, 2.05) is 0 Å². The van der Waals surface area contributed by atoms with E-state index in [9.17, 15) is 0 Å². The van der Waals surface area contributed by atoms with E-state index >= 15 is 0 Å². The van der Waals surface area contributed by atoms with Crippen LogP contribution in [0.3, 0.4) is 0 Å². The van der Waals surface area contributed by atoms with Crippen molar-refractivity contribution in [3.8, 4) is 0 Å². The number of hydrogen-bond acceptors (Lipinski definition) is 3. The zero-order valence-corrected chi connectivity index (χ0v) is 12.9. The molecule has 0 aromatic heterocycles. The minimum absolute atomic E-state index is 0.496. The average molecular weight is 270 g/mol. The standard InChI is InChI=1S/C14H30N4O/c1-5-15-14(16-6-2)17-11-13(12(3)4)18-7-9-19-10-8-18/h12-13H,5-11H2,1-4H3,(H2,15,16,17). The molecule has 5 heteroatoms. The van der Waals surface area contributed by atoms with Gasteiger partial charge in [0.15, 0.2) is 5.96 Å². The third-order valence-electron chi connectivity index (χ3n) is 3.41. The molecule has 2 N–H and O–H groups in total. The molecule has 1 rings (SSSR count). The summed E-state index contributed by atoms with van der Waals surface area (Å²) in [5, 5.41) is 6.55. The van der Waals surface area contributed by atoms with Gasteiger partial charge in [-0.2, -0.15) is 0 Å². The Labute approximate surface area is 117 Å². The molecule has 0 bridgehead atoms. The number of rotatable bonds is 6. The lowest BCUT2D eigenvalue weighted by Gasteiger charge is -2.36. The summed E-state index contributed by atoms with van der Waals surface area (Å²) in [7, 11) is 0. The number of hydrogen-bond donors (Lipinski definition) is 2. The van der Waals surface area contributed by atoms with Crippen LogP contribution in [0.25, 0.3) is 0 Å². The third-order valence-corrected chi connectivity index (χ3v) is 3.41. The van der Waals surface area contributed by atoms with Crippen LogP contribution in [0.1, 0.15) is 27.7 Å². The molecule has 1 heterocycles. The first-order valence-corrected chi connectivity index (χ1v) is 7.53. The van der Waals surface area contributed by atoms with Crippen molar-refractivity contribution in [3.05, 3.63) is 0 Å². The van der Waals surface area contributed by atoms with Gasteiger partial charge in [0.2, 0.25) is 0 Å². The van der Waals surface area contributed by atoms with Crippen molar-refractivity contribution in [1.29, 1.82) is 0 Å². The molecule has 5 nitrogen and oxygen atoms in total. The Morgan fingerprint density at radius 1 is 1.16 bits per heavy atom. The molecule has 0 radical (unpaired) electrons. The summed E-state index contributed by atoms with van der Waals surface area (Å²) in [6, 6.07) is 0.496. The second kappa shape index (κ2) is 9.15. The summed E-state index contributed by atoms with van der Waals surface area (Å²) in [5.74, 6) is 1.52. The van der Waals surface area contributed by atoms with Crippen molar-refractivity contribution in [3.63, 3.8) is 0 Å². The summed E-state index contributed by atoms with van der Waals surface area (Å²) in [6.07, 6.45) is 0. The molecule has 1 aliphatic heterocycles. The molecule has 1 saturated heterocycles. The Kier molecular flexibility index (Phi) is 7.82. The second-order valence-electron chi connectivity index (χ2n) is 5.21. The smallest absolute Gasteiger partial charge is 0.191 e. The largest absolute Gasteiger partial charge is 0.379 e. The zero-order chi connectivity index (χ0) is 14.1. The normalized spacial score (nSPS) is 18.2. The third kappa shape index (κ3) is 5.78. The van der Waals surface area contributed by atoms with E-state index in [0.717, 1.165) is 51.9 Å². The molecular weight excluding hydrogens is 240 g/mol. The Morgan fingerprint density at radius 3 is 2.21 bits per heavy atom. The van der Waals surface area contributed by atoms with Crippen molar-refractivity contribution in [2.24, 2.45) is 10.9 Å². The fourth-order valence-electron chi connectivity index (χ4n) is 2.35. The summed E-state index contributed by atoms with van der Waals surface area (Å²) in [5.41, 5.74) is 0. The zero-order valence-electron chi connectivity index (χ0n) is 12.9. The molecule has 0 aliphatic carbocycles.